The molecule has 3 aromatic rings. The average Bonchev–Trinajstić information content (AvgIpc) is 3.01. The smallest absolute Gasteiger partial charge is 0.264 e. The van der Waals surface area contributed by atoms with E-state index in [9.17, 15) is 9.18 Å². The van der Waals surface area contributed by atoms with Gasteiger partial charge in [0.25, 0.3) is 5.91 Å². The van der Waals surface area contributed by atoms with Gasteiger partial charge in [-0.15, -0.1) is 10.2 Å². The van der Waals surface area contributed by atoms with Gasteiger partial charge in [0.05, 0.1) is 6.04 Å². The van der Waals surface area contributed by atoms with Crippen LogP contribution < -0.4 is 10.1 Å². The highest BCUT2D eigenvalue weighted by Crippen LogP contribution is 2.20. The lowest BCUT2D eigenvalue weighted by atomic mass is 10.1. The number of carbonyl (C=O) groups is 1. The Morgan fingerprint density at radius 2 is 1.92 bits per heavy atom. The molecule has 0 fully saturated rings. The monoisotopic (exact) mass is 342 g/mol. The number of carbonyl (C=O) groups excluding carboxylic acids is 1. The van der Waals surface area contributed by atoms with Crippen molar-refractivity contribution in [3.05, 3.63) is 60.3 Å². The first-order chi connectivity index (χ1) is 11.9. The number of pyridine rings is 1. The average molecular weight is 342 g/mol. The number of rotatable bonds is 5. The Labute approximate surface area is 144 Å². The second kappa shape index (κ2) is 6.51. The molecule has 1 amide bonds. The maximum Gasteiger partial charge on any atom is 0.264 e. The number of hydrogen-bond donors (Lipinski definition) is 1. The van der Waals surface area contributed by atoms with Gasteiger partial charge < -0.3 is 10.1 Å². The van der Waals surface area contributed by atoms with Crippen molar-refractivity contribution in [2.45, 2.75) is 32.4 Å². The van der Waals surface area contributed by atoms with Crippen LogP contribution in [0.3, 0.4) is 0 Å². The fourth-order valence-corrected chi connectivity index (χ4v) is 2.43. The van der Waals surface area contributed by atoms with E-state index in [2.05, 4.69) is 15.5 Å². The quantitative estimate of drug-likeness (QED) is 0.774. The number of amides is 1. The van der Waals surface area contributed by atoms with E-state index < -0.39 is 5.60 Å². The van der Waals surface area contributed by atoms with E-state index >= 15 is 0 Å². The molecule has 1 unspecified atom stereocenters. The zero-order chi connectivity index (χ0) is 18.0. The van der Waals surface area contributed by atoms with E-state index in [1.54, 1.807) is 13.8 Å². The van der Waals surface area contributed by atoms with Crippen LogP contribution in [0.25, 0.3) is 5.65 Å². The summed E-state index contributed by atoms with van der Waals surface area (Å²) in [4.78, 5) is 12.6. The molecule has 1 N–H and O–H groups in total. The van der Waals surface area contributed by atoms with E-state index in [1.807, 2.05) is 35.7 Å². The Kier molecular flexibility index (Phi) is 4.39. The molecule has 0 saturated heterocycles. The van der Waals surface area contributed by atoms with Crippen molar-refractivity contribution in [3.8, 4) is 5.75 Å². The predicted molar refractivity (Wildman–Crippen MR) is 90.7 cm³/mol. The number of ether oxygens (including phenoxy) is 1. The molecule has 6 nitrogen and oxygen atoms in total. The summed E-state index contributed by atoms with van der Waals surface area (Å²) in [5.74, 6) is 0.377. The Balaban J connectivity index is 1.72. The van der Waals surface area contributed by atoms with Crippen LogP contribution in [-0.4, -0.2) is 26.1 Å². The number of hydrogen-bond acceptors (Lipinski definition) is 4. The molecule has 130 valence electrons. The molecule has 3 rings (SSSR count). The van der Waals surface area contributed by atoms with Crippen LogP contribution in [0, 0.1) is 5.82 Å². The van der Waals surface area contributed by atoms with Crippen molar-refractivity contribution >= 4 is 11.6 Å². The zero-order valence-electron chi connectivity index (χ0n) is 14.2. The molecule has 0 aliphatic heterocycles. The molecule has 1 atom stereocenters. The van der Waals surface area contributed by atoms with Gasteiger partial charge in [-0.25, -0.2) is 4.39 Å². The van der Waals surface area contributed by atoms with Gasteiger partial charge in [0.2, 0.25) is 0 Å². The summed E-state index contributed by atoms with van der Waals surface area (Å²) in [5, 5.41) is 11.1. The SMILES string of the molecule is CC(NC(=O)C(C)(C)Oc1ccc(F)cc1)c1nnc2ccccn12. The molecule has 2 heterocycles. The van der Waals surface area contributed by atoms with E-state index in [0.29, 0.717) is 17.2 Å². The van der Waals surface area contributed by atoms with E-state index in [4.69, 9.17) is 4.74 Å². The third-order valence-electron chi connectivity index (χ3n) is 3.81. The number of aromatic nitrogens is 3. The first-order valence-electron chi connectivity index (χ1n) is 7.92. The summed E-state index contributed by atoms with van der Waals surface area (Å²) < 4.78 is 20.5. The molecule has 0 aliphatic carbocycles. The summed E-state index contributed by atoms with van der Waals surface area (Å²) in [7, 11) is 0. The highest BCUT2D eigenvalue weighted by Gasteiger charge is 2.32. The van der Waals surface area contributed by atoms with Gasteiger partial charge in [0.15, 0.2) is 17.1 Å². The zero-order valence-corrected chi connectivity index (χ0v) is 14.2. The summed E-state index contributed by atoms with van der Waals surface area (Å²) in [6, 6.07) is 10.8. The van der Waals surface area contributed by atoms with Crippen molar-refractivity contribution in [2.75, 3.05) is 0 Å². The Morgan fingerprint density at radius 3 is 2.64 bits per heavy atom. The molecule has 1 aromatic carbocycles. The Morgan fingerprint density at radius 1 is 1.20 bits per heavy atom. The summed E-state index contributed by atoms with van der Waals surface area (Å²) in [5.41, 5.74) is -0.424. The van der Waals surface area contributed by atoms with Gasteiger partial charge in [-0.05, 0) is 57.2 Å². The second-order valence-electron chi connectivity index (χ2n) is 6.25. The van der Waals surface area contributed by atoms with E-state index in [1.165, 1.54) is 24.3 Å². The minimum atomic E-state index is -1.13. The van der Waals surface area contributed by atoms with Gasteiger partial charge in [-0.3, -0.25) is 9.20 Å². The minimum Gasteiger partial charge on any atom is -0.478 e. The van der Waals surface area contributed by atoms with Crippen molar-refractivity contribution in [1.29, 1.82) is 0 Å². The van der Waals surface area contributed by atoms with Gasteiger partial charge in [0.1, 0.15) is 11.6 Å². The molecule has 0 bridgehead atoms. The van der Waals surface area contributed by atoms with Gasteiger partial charge >= 0.3 is 0 Å². The van der Waals surface area contributed by atoms with E-state index in [-0.39, 0.29) is 17.8 Å². The van der Waals surface area contributed by atoms with Crippen LogP contribution in [0.4, 0.5) is 4.39 Å². The fourth-order valence-electron chi connectivity index (χ4n) is 2.43. The Bertz CT molecular complexity index is 889. The normalized spacial score (nSPS) is 12.8. The lowest BCUT2D eigenvalue weighted by molar-refractivity contribution is -0.135. The van der Waals surface area contributed by atoms with Crippen molar-refractivity contribution in [3.63, 3.8) is 0 Å². The summed E-state index contributed by atoms with van der Waals surface area (Å²) in [6.45, 7) is 5.13. The van der Waals surface area contributed by atoms with Crippen LogP contribution >= 0.6 is 0 Å². The van der Waals surface area contributed by atoms with Gasteiger partial charge in [0, 0.05) is 6.20 Å². The largest absolute Gasteiger partial charge is 0.478 e. The molecule has 2 aromatic heterocycles. The van der Waals surface area contributed by atoms with Crippen molar-refractivity contribution in [1.82, 2.24) is 19.9 Å². The van der Waals surface area contributed by atoms with Gasteiger partial charge in [-0.1, -0.05) is 6.07 Å². The van der Waals surface area contributed by atoms with Gasteiger partial charge in [-0.2, -0.15) is 0 Å². The number of benzene rings is 1. The number of nitrogens with zero attached hydrogens (tertiary/aromatic N) is 3. The molecular weight excluding hydrogens is 323 g/mol. The van der Waals surface area contributed by atoms with E-state index in [0.717, 1.165) is 0 Å². The summed E-state index contributed by atoms with van der Waals surface area (Å²) >= 11 is 0. The third-order valence-corrected chi connectivity index (χ3v) is 3.81. The van der Waals surface area contributed by atoms with Crippen LogP contribution in [0.5, 0.6) is 5.75 Å². The van der Waals surface area contributed by atoms with Crippen LogP contribution in [-0.2, 0) is 4.79 Å². The molecule has 7 heteroatoms. The molecule has 0 spiro atoms. The lowest BCUT2D eigenvalue weighted by Crippen LogP contribution is -2.47. The maximum absolute atomic E-state index is 13.0. The lowest BCUT2D eigenvalue weighted by Gasteiger charge is -2.26. The molecule has 25 heavy (non-hydrogen) atoms. The number of nitrogens with one attached hydrogen (secondary N) is 1. The first-order valence-corrected chi connectivity index (χ1v) is 7.92. The van der Waals surface area contributed by atoms with Crippen LogP contribution in [0.2, 0.25) is 0 Å². The molecule has 0 saturated carbocycles. The fraction of sp³-hybridized carbons (Fsp3) is 0.278. The molecular formula is C18H19FN4O2. The molecule has 0 aliphatic rings. The first kappa shape index (κ1) is 16.9. The topological polar surface area (TPSA) is 68.5 Å². The highest BCUT2D eigenvalue weighted by atomic mass is 19.1. The van der Waals surface area contributed by atoms with Crippen LogP contribution in [0.15, 0.2) is 48.7 Å². The summed E-state index contributed by atoms with van der Waals surface area (Å²) in [6.07, 6.45) is 1.84. The number of fused-ring (bicyclic) bond motifs is 1. The standard InChI is InChI=1S/C18H19FN4O2/c1-12(16-22-21-15-6-4-5-11-23(15)16)20-17(24)18(2,3)25-14-9-7-13(19)8-10-14/h4-12H,1-3H3,(H,20,24). The molecule has 0 radical (unpaired) electrons. The maximum atomic E-state index is 13.0. The minimum absolute atomic E-state index is 0.308. The van der Waals surface area contributed by atoms with Crippen molar-refractivity contribution < 1.29 is 13.9 Å². The number of halogens is 1. The third kappa shape index (κ3) is 3.60. The van der Waals surface area contributed by atoms with Crippen molar-refractivity contribution in [2.24, 2.45) is 0 Å². The predicted octanol–water partition coefficient (Wildman–Crippen LogP) is 2.90. The second-order valence-corrected chi connectivity index (χ2v) is 6.25. The Hall–Kier alpha value is -2.96. The van der Waals surface area contributed by atoms with Crippen LogP contribution in [0.1, 0.15) is 32.6 Å². The highest BCUT2D eigenvalue weighted by molar-refractivity contribution is 5.85.